The fourth-order valence-electron chi connectivity index (χ4n) is 7.86. The summed E-state index contributed by atoms with van der Waals surface area (Å²) in [5, 5.41) is 28.0. The van der Waals surface area contributed by atoms with Crippen LogP contribution < -0.4 is 10.6 Å². The van der Waals surface area contributed by atoms with Gasteiger partial charge >= 0.3 is 12.1 Å². The molecule has 0 saturated carbocycles. The minimum atomic E-state index is -1.20. The quantitative estimate of drug-likeness (QED) is 0.108. The molecule has 0 spiro atoms. The first kappa shape index (κ1) is 40.9. The van der Waals surface area contributed by atoms with Gasteiger partial charge in [0.05, 0.1) is 30.1 Å². The van der Waals surface area contributed by atoms with Crippen LogP contribution in [0.5, 0.6) is 0 Å². The number of carbonyl (C=O) groups is 3. The number of carboxylic acid groups (broad SMARTS) is 1. The molecule has 2 aromatic heterocycles. The fourth-order valence-corrected chi connectivity index (χ4v) is 7.86. The molecule has 3 heterocycles. The number of hydrogen-bond acceptors (Lipinski definition) is 6. The van der Waals surface area contributed by atoms with Crippen LogP contribution in [0.4, 0.5) is 9.59 Å². The summed E-state index contributed by atoms with van der Waals surface area (Å²) < 4.78 is 0. The van der Waals surface area contributed by atoms with Gasteiger partial charge in [-0.1, -0.05) is 108 Å². The van der Waals surface area contributed by atoms with Gasteiger partial charge < -0.3 is 30.6 Å². The van der Waals surface area contributed by atoms with Crippen molar-refractivity contribution in [2.75, 3.05) is 13.1 Å². The number of rotatable bonds is 14. The lowest BCUT2D eigenvalue weighted by molar-refractivity contribution is -0.131. The molecule has 4 amide bonds. The van der Waals surface area contributed by atoms with Crippen molar-refractivity contribution in [3.8, 4) is 11.3 Å². The molecule has 1 fully saturated rings. The number of aliphatic hydroxyl groups is 1. The summed E-state index contributed by atoms with van der Waals surface area (Å²) in [7, 11) is 0. The minimum Gasteiger partial charge on any atom is -0.465 e. The molecule has 4 N–H and O–H groups in total. The Hall–Kier alpha value is -5.29. The van der Waals surface area contributed by atoms with E-state index in [0.717, 1.165) is 33.8 Å². The first-order valence-electron chi connectivity index (χ1n) is 19.0. The highest BCUT2D eigenvalue weighted by atomic mass is 16.4. The van der Waals surface area contributed by atoms with Gasteiger partial charge in [0.25, 0.3) is 0 Å². The van der Waals surface area contributed by atoms with E-state index in [4.69, 9.17) is 0 Å². The Kier molecular flexibility index (Phi) is 13.0. The van der Waals surface area contributed by atoms with Gasteiger partial charge in [-0.25, -0.2) is 9.59 Å². The normalized spacial score (nSPS) is 16.3. The largest absolute Gasteiger partial charge is 0.465 e. The van der Waals surface area contributed by atoms with Crippen molar-refractivity contribution in [1.82, 2.24) is 30.4 Å². The third-order valence-corrected chi connectivity index (χ3v) is 10.2. The van der Waals surface area contributed by atoms with Crippen molar-refractivity contribution in [3.63, 3.8) is 0 Å². The molecule has 55 heavy (non-hydrogen) atoms. The van der Waals surface area contributed by atoms with E-state index in [9.17, 15) is 24.6 Å². The van der Waals surface area contributed by atoms with Crippen LogP contribution in [0.25, 0.3) is 11.3 Å². The molecule has 1 aliphatic heterocycles. The lowest BCUT2D eigenvalue weighted by Crippen LogP contribution is -2.60. The first-order chi connectivity index (χ1) is 26.0. The maximum atomic E-state index is 14.8. The molecule has 1 unspecified atom stereocenters. The highest BCUT2D eigenvalue weighted by molar-refractivity contribution is 5.89. The van der Waals surface area contributed by atoms with E-state index in [1.165, 1.54) is 0 Å². The fraction of sp³-hybridized carbons (Fsp3) is 0.432. The minimum absolute atomic E-state index is 0.0326. The lowest BCUT2D eigenvalue weighted by Gasteiger charge is -2.43. The summed E-state index contributed by atoms with van der Waals surface area (Å²) in [5.74, 6) is -0.809. The molecular weight excluding hydrogens is 693 g/mol. The van der Waals surface area contributed by atoms with Crippen molar-refractivity contribution in [3.05, 3.63) is 120 Å². The Labute approximate surface area is 325 Å². The number of nitrogens with zero attached hydrogens (tertiary/aromatic N) is 4. The Morgan fingerprint density at radius 3 is 2.13 bits per heavy atom. The van der Waals surface area contributed by atoms with Crippen LogP contribution in [0.15, 0.2) is 97.2 Å². The second kappa shape index (κ2) is 17.5. The maximum absolute atomic E-state index is 14.8. The molecule has 1 aliphatic rings. The summed E-state index contributed by atoms with van der Waals surface area (Å²) in [5.41, 5.74) is 4.04. The van der Waals surface area contributed by atoms with Crippen LogP contribution in [0.3, 0.4) is 0 Å². The highest BCUT2D eigenvalue weighted by Gasteiger charge is 2.46. The summed E-state index contributed by atoms with van der Waals surface area (Å²) in [6.07, 6.45) is -0.247. The van der Waals surface area contributed by atoms with Crippen LogP contribution in [-0.2, 0) is 17.8 Å². The van der Waals surface area contributed by atoms with Crippen LogP contribution in [0.1, 0.15) is 76.4 Å². The third kappa shape index (κ3) is 10.7. The van der Waals surface area contributed by atoms with Gasteiger partial charge in [0.1, 0.15) is 6.04 Å². The topological polar surface area (TPSA) is 148 Å². The molecule has 2 aromatic carbocycles. The van der Waals surface area contributed by atoms with Gasteiger partial charge in [0.15, 0.2) is 0 Å². The molecule has 5 atom stereocenters. The number of urea groups is 1. The zero-order valence-electron chi connectivity index (χ0n) is 33.1. The average Bonchev–Trinajstić information content (AvgIpc) is 3.45. The number of benzene rings is 2. The van der Waals surface area contributed by atoms with Crippen molar-refractivity contribution in [2.45, 2.75) is 98.0 Å². The second-order valence-corrected chi connectivity index (χ2v) is 16.8. The predicted octanol–water partition coefficient (Wildman–Crippen LogP) is 7.05. The van der Waals surface area contributed by atoms with E-state index in [2.05, 4.69) is 41.4 Å². The molecule has 11 nitrogen and oxygen atoms in total. The van der Waals surface area contributed by atoms with Gasteiger partial charge in [-0.15, -0.1) is 0 Å². The maximum Gasteiger partial charge on any atom is 0.404 e. The standard InChI is InChI=1S/C44H56N6O5/c1-29-14-13-17-33(46-29)28-49-24-25-50(42(49)55)39(44(5,6)7)40(52)48-38(36(51)27-34(47-41(53)54)26-30-15-9-8-10-16-30)37(43(2,3)4)32-21-19-31(20-22-32)35-18-11-12-23-45-35/h8-23,34,36-39,47,51H,24-28H2,1-7H3,(H,48,52)(H,53,54)/t34-,36-,37?,38+,39+/m0/s1. The van der Waals surface area contributed by atoms with E-state index in [1.807, 2.05) is 119 Å². The number of aromatic nitrogens is 2. The van der Waals surface area contributed by atoms with Crippen molar-refractivity contribution >= 4 is 18.0 Å². The number of aryl methyl sites for hydroxylation is 1. The van der Waals surface area contributed by atoms with Crippen LogP contribution in [0.2, 0.25) is 0 Å². The van der Waals surface area contributed by atoms with E-state index in [0.29, 0.717) is 26.1 Å². The molecule has 5 rings (SSSR count). The monoisotopic (exact) mass is 748 g/mol. The summed E-state index contributed by atoms with van der Waals surface area (Å²) in [4.78, 5) is 53.3. The Balaban J connectivity index is 1.50. The zero-order chi connectivity index (χ0) is 39.9. The molecule has 4 aromatic rings. The van der Waals surface area contributed by atoms with Gasteiger partial charge in [0, 0.05) is 42.5 Å². The molecule has 11 heteroatoms. The number of amides is 4. The van der Waals surface area contributed by atoms with Crippen molar-refractivity contribution < 1.29 is 24.6 Å². The van der Waals surface area contributed by atoms with E-state index in [1.54, 1.807) is 16.0 Å². The van der Waals surface area contributed by atoms with E-state index >= 15 is 0 Å². The molecule has 0 bridgehead atoms. The number of hydrogen-bond donors (Lipinski definition) is 4. The van der Waals surface area contributed by atoms with Crippen molar-refractivity contribution in [2.24, 2.45) is 10.8 Å². The van der Waals surface area contributed by atoms with E-state index < -0.39 is 47.1 Å². The van der Waals surface area contributed by atoms with Gasteiger partial charge in [-0.2, -0.15) is 0 Å². The Morgan fingerprint density at radius 1 is 0.836 bits per heavy atom. The van der Waals surface area contributed by atoms with E-state index in [-0.39, 0.29) is 18.4 Å². The predicted molar refractivity (Wildman–Crippen MR) is 214 cm³/mol. The highest BCUT2D eigenvalue weighted by Crippen LogP contribution is 2.41. The molecule has 0 radical (unpaired) electrons. The molecule has 0 aliphatic carbocycles. The second-order valence-electron chi connectivity index (χ2n) is 16.8. The first-order valence-corrected chi connectivity index (χ1v) is 19.0. The Morgan fingerprint density at radius 2 is 1.53 bits per heavy atom. The average molecular weight is 749 g/mol. The molecule has 292 valence electrons. The van der Waals surface area contributed by atoms with Gasteiger partial charge in [-0.05, 0) is 66.0 Å². The van der Waals surface area contributed by atoms with Crippen molar-refractivity contribution in [1.29, 1.82) is 0 Å². The van der Waals surface area contributed by atoms with Gasteiger partial charge in [0.2, 0.25) is 5.91 Å². The van der Waals surface area contributed by atoms with Crippen LogP contribution in [0, 0.1) is 17.8 Å². The number of carbonyl (C=O) groups excluding carboxylic acids is 2. The SMILES string of the molecule is Cc1cccc(CN2CCN([C@H](C(=O)N[C@@H](C(c3ccc(-c4ccccn4)cc3)C(C)(C)C)[C@@H](O)C[C@H](Cc3ccccc3)NC(=O)O)C(C)(C)C)C2=O)n1. The number of aliphatic hydroxyl groups excluding tert-OH is 1. The lowest BCUT2D eigenvalue weighted by atomic mass is 9.69. The number of nitrogens with one attached hydrogen (secondary N) is 2. The van der Waals surface area contributed by atoms with Gasteiger partial charge in [-0.3, -0.25) is 14.8 Å². The summed E-state index contributed by atoms with van der Waals surface area (Å²) in [6.45, 7) is 15.0. The third-order valence-electron chi connectivity index (χ3n) is 10.2. The number of pyridine rings is 2. The zero-order valence-corrected chi connectivity index (χ0v) is 33.1. The molecule has 1 saturated heterocycles. The smallest absolute Gasteiger partial charge is 0.404 e. The van der Waals surface area contributed by atoms with Crippen LogP contribution >= 0.6 is 0 Å². The van der Waals surface area contributed by atoms with Crippen LogP contribution in [-0.4, -0.2) is 85.3 Å². The summed E-state index contributed by atoms with van der Waals surface area (Å²) >= 11 is 0. The molecular formula is C44H56N6O5. The summed E-state index contributed by atoms with van der Waals surface area (Å²) in [6, 6.07) is 26.3. The Bertz CT molecular complexity index is 1890.